The van der Waals surface area contributed by atoms with Gasteiger partial charge in [0.05, 0.1) is 31.4 Å². The molecular formula is C29H37N3O5. The summed E-state index contributed by atoms with van der Waals surface area (Å²) in [6, 6.07) is 14.1. The van der Waals surface area contributed by atoms with E-state index < -0.39 is 17.7 Å². The lowest BCUT2D eigenvalue weighted by molar-refractivity contribution is -0.140. The van der Waals surface area contributed by atoms with Gasteiger partial charge in [0.15, 0.2) is 0 Å². The monoisotopic (exact) mass is 507 g/mol. The second-order valence-corrected chi connectivity index (χ2v) is 9.66. The Bertz CT molecular complexity index is 1120. The number of anilines is 1. The lowest BCUT2D eigenvalue weighted by atomic mass is 9.95. The summed E-state index contributed by atoms with van der Waals surface area (Å²) in [5.74, 6) is -0.816. The van der Waals surface area contributed by atoms with E-state index >= 15 is 0 Å². The van der Waals surface area contributed by atoms with E-state index in [1.165, 1.54) is 0 Å². The molecule has 0 aliphatic carbocycles. The molecule has 2 aliphatic rings. The number of benzene rings is 2. The first-order chi connectivity index (χ1) is 17.9. The molecule has 8 heteroatoms. The average molecular weight is 508 g/mol. The summed E-state index contributed by atoms with van der Waals surface area (Å²) in [7, 11) is 3.92. The van der Waals surface area contributed by atoms with Crippen LogP contribution in [-0.2, 0) is 14.3 Å². The normalized spacial score (nSPS) is 19.9. The van der Waals surface area contributed by atoms with Crippen LogP contribution in [0.5, 0.6) is 5.75 Å². The molecular weight excluding hydrogens is 470 g/mol. The number of amides is 1. The van der Waals surface area contributed by atoms with Crippen LogP contribution in [0.4, 0.5) is 5.69 Å². The molecule has 0 saturated carbocycles. The van der Waals surface area contributed by atoms with Gasteiger partial charge in [0.2, 0.25) is 0 Å². The van der Waals surface area contributed by atoms with E-state index in [0.29, 0.717) is 37.7 Å². The van der Waals surface area contributed by atoms with E-state index in [4.69, 9.17) is 9.47 Å². The van der Waals surface area contributed by atoms with Crippen LogP contribution in [0, 0.1) is 0 Å². The lowest BCUT2D eigenvalue weighted by Gasteiger charge is -2.29. The Balaban J connectivity index is 1.67. The Morgan fingerprint density at radius 2 is 1.81 bits per heavy atom. The number of morpholine rings is 1. The zero-order valence-corrected chi connectivity index (χ0v) is 22.0. The standard InChI is InChI=1S/C29H37N3O5/c1-4-17-37-24-8-5-7-22(20-24)27(33)25-26(21-9-11-23(12-10-21)30(2)3)32(29(35)28(25)34)14-6-13-31-15-18-36-19-16-31/h5,7-12,20,26,33H,4,6,13-19H2,1-3H3. The largest absolute Gasteiger partial charge is 0.507 e. The minimum Gasteiger partial charge on any atom is -0.507 e. The third kappa shape index (κ3) is 6.14. The van der Waals surface area contributed by atoms with Gasteiger partial charge in [-0.25, -0.2) is 0 Å². The second-order valence-electron chi connectivity index (χ2n) is 9.66. The molecule has 0 bridgehead atoms. The molecule has 1 unspecified atom stereocenters. The number of aliphatic hydroxyl groups excluding tert-OH is 1. The highest BCUT2D eigenvalue weighted by molar-refractivity contribution is 6.46. The molecule has 0 aromatic heterocycles. The summed E-state index contributed by atoms with van der Waals surface area (Å²) in [5.41, 5.74) is 2.36. The van der Waals surface area contributed by atoms with Crippen molar-refractivity contribution in [2.45, 2.75) is 25.8 Å². The van der Waals surface area contributed by atoms with Crippen molar-refractivity contribution in [2.24, 2.45) is 0 Å². The summed E-state index contributed by atoms with van der Waals surface area (Å²) in [6.07, 6.45) is 1.58. The summed E-state index contributed by atoms with van der Waals surface area (Å²) >= 11 is 0. The van der Waals surface area contributed by atoms with Crippen molar-refractivity contribution in [1.82, 2.24) is 9.80 Å². The van der Waals surface area contributed by atoms with Crippen LogP contribution in [0.3, 0.4) is 0 Å². The molecule has 1 N–H and O–H groups in total. The first-order valence-electron chi connectivity index (χ1n) is 13.0. The predicted molar refractivity (Wildman–Crippen MR) is 144 cm³/mol. The van der Waals surface area contributed by atoms with Gasteiger partial charge in [0.25, 0.3) is 11.7 Å². The second kappa shape index (κ2) is 12.3. The van der Waals surface area contributed by atoms with Crippen molar-refractivity contribution >= 4 is 23.1 Å². The van der Waals surface area contributed by atoms with E-state index in [9.17, 15) is 14.7 Å². The molecule has 2 fully saturated rings. The number of Topliss-reactive ketones (excluding diaryl/α,β-unsaturated/α-hetero) is 1. The first-order valence-corrected chi connectivity index (χ1v) is 13.0. The number of carbonyl (C=O) groups is 2. The summed E-state index contributed by atoms with van der Waals surface area (Å²) in [6.45, 7) is 6.96. The van der Waals surface area contributed by atoms with Crippen LogP contribution in [0.15, 0.2) is 54.1 Å². The van der Waals surface area contributed by atoms with Crippen LogP contribution in [0.2, 0.25) is 0 Å². The summed E-state index contributed by atoms with van der Waals surface area (Å²) in [4.78, 5) is 32.5. The SMILES string of the molecule is CCCOc1cccc(C(O)=C2C(=O)C(=O)N(CCCN3CCOCC3)C2c2ccc(N(C)C)cc2)c1. The number of rotatable bonds is 10. The maximum Gasteiger partial charge on any atom is 0.295 e. The summed E-state index contributed by atoms with van der Waals surface area (Å²) in [5, 5.41) is 11.4. The van der Waals surface area contributed by atoms with Crippen molar-refractivity contribution in [3.63, 3.8) is 0 Å². The molecule has 1 atom stereocenters. The van der Waals surface area contributed by atoms with Crippen molar-refractivity contribution in [1.29, 1.82) is 0 Å². The molecule has 8 nitrogen and oxygen atoms in total. The van der Waals surface area contributed by atoms with Gasteiger partial charge >= 0.3 is 0 Å². The number of ether oxygens (including phenoxy) is 2. The minimum absolute atomic E-state index is 0.113. The number of hydrogen-bond acceptors (Lipinski definition) is 7. The molecule has 198 valence electrons. The Hall–Kier alpha value is -3.36. The maximum atomic E-state index is 13.3. The van der Waals surface area contributed by atoms with Gasteiger partial charge < -0.3 is 24.4 Å². The van der Waals surface area contributed by atoms with Crippen LogP contribution >= 0.6 is 0 Å². The van der Waals surface area contributed by atoms with Gasteiger partial charge in [-0.05, 0) is 42.7 Å². The van der Waals surface area contributed by atoms with E-state index in [1.54, 1.807) is 23.1 Å². The topological polar surface area (TPSA) is 82.5 Å². The zero-order valence-electron chi connectivity index (χ0n) is 22.0. The van der Waals surface area contributed by atoms with Gasteiger partial charge in [0, 0.05) is 51.5 Å². The Morgan fingerprint density at radius 1 is 1.08 bits per heavy atom. The number of aliphatic hydroxyl groups is 1. The predicted octanol–water partition coefficient (Wildman–Crippen LogP) is 3.69. The van der Waals surface area contributed by atoms with Gasteiger partial charge in [-0.3, -0.25) is 14.5 Å². The third-order valence-corrected chi connectivity index (χ3v) is 6.82. The van der Waals surface area contributed by atoms with Crippen LogP contribution in [-0.4, -0.2) is 86.7 Å². The molecule has 1 amide bonds. The summed E-state index contributed by atoms with van der Waals surface area (Å²) < 4.78 is 11.1. The quantitative estimate of drug-likeness (QED) is 0.298. The third-order valence-electron chi connectivity index (χ3n) is 6.82. The van der Waals surface area contributed by atoms with Gasteiger partial charge in [-0.1, -0.05) is 31.2 Å². The van der Waals surface area contributed by atoms with Crippen LogP contribution in [0.1, 0.15) is 36.9 Å². The first kappa shape index (κ1) is 26.7. The molecule has 2 aromatic carbocycles. The van der Waals surface area contributed by atoms with E-state index in [1.807, 2.05) is 56.3 Å². The van der Waals surface area contributed by atoms with Gasteiger partial charge in [-0.2, -0.15) is 0 Å². The fourth-order valence-corrected chi connectivity index (χ4v) is 4.81. The minimum atomic E-state index is -0.666. The number of hydrogen-bond donors (Lipinski definition) is 1. The Kier molecular flexibility index (Phi) is 8.84. The Morgan fingerprint density at radius 3 is 2.49 bits per heavy atom. The van der Waals surface area contributed by atoms with E-state index in [2.05, 4.69) is 4.90 Å². The highest BCUT2D eigenvalue weighted by Crippen LogP contribution is 2.40. The highest BCUT2D eigenvalue weighted by atomic mass is 16.5. The van der Waals surface area contributed by atoms with Gasteiger partial charge in [0.1, 0.15) is 11.5 Å². The number of nitrogens with zero attached hydrogens (tertiary/aromatic N) is 3. The number of ketones is 1. The fraction of sp³-hybridized carbons (Fsp3) is 0.448. The Labute approximate surface area is 219 Å². The van der Waals surface area contributed by atoms with Crippen molar-refractivity contribution in [2.75, 3.05) is 65.0 Å². The van der Waals surface area contributed by atoms with Gasteiger partial charge in [-0.15, -0.1) is 0 Å². The number of likely N-dealkylation sites (tertiary alicyclic amines) is 1. The molecule has 2 heterocycles. The number of carbonyl (C=O) groups excluding carboxylic acids is 2. The molecule has 2 saturated heterocycles. The van der Waals surface area contributed by atoms with E-state index in [0.717, 1.165) is 43.7 Å². The van der Waals surface area contributed by atoms with Crippen molar-refractivity contribution in [3.8, 4) is 5.75 Å². The smallest absolute Gasteiger partial charge is 0.295 e. The maximum absolute atomic E-state index is 13.3. The fourth-order valence-electron chi connectivity index (χ4n) is 4.81. The lowest BCUT2D eigenvalue weighted by Crippen LogP contribution is -2.38. The van der Waals surface area contributed by atoms with Crippen molar-refractivity contribution < 1.29 is 24.2 Å². The molecule has 0 radical (unpaired) electrons. The molecule has 0 spiro atoms. The zero-order chi connectivity index (χ0) is 26.4. The molecule has 37 heavy (non-hydrogen) atoms. The molecule has 2 aromatic rings. The van der Waals surface area contributed by atoms with Crippen LogP contribution < -0.4 is 9.64 Å². The average Bonchev–Trinajstić information content (AvgIpc) is 3.17. The highest BCUT2D eigenvalue weighted by Gasteiger charge is 2.45. The molecule has 2 aliphatic heterocycles. The molecule has 4 rings (SSSR count). The van der Waals surface area contributed by atoms with Crippen molar-refractivity contribution in [3.05, 3.63) is 65.2 Å². The van der Waals surface area contributed by atoms with E-state index in [-0.39, 0.29) is 11.3 Å². The van der Waals surface area contributed by atoms with Crippen LogP contribution in [0.25, 0.3) is 5.76 Å².